The summed E-state index contributed by atoms with van der Waals surface area (Å²) in [6.45, 7) is 3.42. The van der Waals surface area contributed by atoms with Gasteiger partial charge in [0, 0.05) is 68.0 Å². The van der Waals surface area contributed by atoms with Crippen LogP contribution in [0.5, 0.6) is 0 Å². The number of aryl methyl sites for hydroxylation is 1. The minimum absolute atomic E-state index is 0.0356. The molecule has 2 aliphatic rings. The number of carbonyl (C=O) groups is 1. The highest BCUT2D eigenvalue weighted by Gasteiger charge is 2.32. The quantitative estimate of drug-likeness (QED) is 0.247. The van der Waals surface area contributed by atoms with E-state index >= 15 is 0 Å². The molecule has 0 atom stereocenters. The molecule has 0 saturated heterocycles. The number of anilines is 4. The standard InChI is InChI=1S/C34H37F3N10O/c1-22-9-10-23(32(48)43-26-17-24(34(35,36)37)18-27(19-26)47(4)15-14-46(2)3)16-29(22)44-31-30-28(41-21-42-31)11-13-39-33(45-30)40-20-25-8-6-5-7-12-38-25/h5-6,8-10,12-13,16-19,21H,7,11,14-15,20H2,1-4H3,(H,40,45)(H,43,48)(H,41,42,44). The monoisotopic (exact) mass is 658 g/mol. The summed E-state index contributed by atoms with van der Waals surface area (Å²) >= 11 is 0. The Morgan fingerprint density at radius 2 is 1.83 bits per heavy atom. The average Bonchev–Trinajstić information content (AvgIpc) is 3.44. The van der Waals surface area contributed by atoms with Gasteiger partial charge in [-0.1, -0.05) is 18.2 Å². The summed E-state index contributed by atoms with van der Waals surface area (Å²) in [5.74, 6) is 0.209. The van der Waals surface area contributed by atoms with E-state index in [1.807, 2.05) is 50.4 Å². The Balaban J connectivity index is 1.37. The number of aromatic nitrogens is 2. The molecule has 0 bridgehead atoms. The van der Waals surface area contributed by atoms with Crippen LogP contribution in [-0.2, 0) is 12.6 Å². The lowest BCUT2D eigenvalue weighted by atomic mass is 10.1. The van der Waals surface area contributed by atoms with Crippen LogP contribution in [0.2, 0.25) is 0 Å². The number of alkyl halides is 3. The molecule has 2 aliphatic heterocycles. The molecule has 48 heavy (non-hydrogen) atoms. The first-order valence-corrected chi connectivity index (χ1v) is 15.3. The number of nitrogens with one attached hydrogen (secondary N) is 3. The Hall–Kier alpha value is -5.37. The molecule has 250 valence electrons. The fourth-order valence-corrected chi connectivity index (χ4v) is 4.79. The van der Waals surface area contributed by atoms with Crippen molar-refractivity contribution in [2.75, 3.05) is 56.3 Å². The number of fused-ring (bicyclic) bond motifs is 1. The van der Waals surface area contributed by atoms with Crippen LogP contribution < -0.4 is 20.9 Å². The van der Waals surface area contributed by atoms with Gasteiger partial charge in [-0.25, -0.2) is 20.0 Å². The number of halogens is 3. The molecule has 1 aromatic heterocycles. The molecule has 0 spiro atoms. The van der Waals surface area contributed by atoms with E-state index in [9.17, 15) is 18.0 Å². The number of guanidine groups is 1. The summed E-state index contributed by atoms with van der Waals surface area (Å²) in [7, 11) is 5.49. The number of likely N-dealkylation sites (N-methyl/N-ethyl adjacent to an activating group) is 2. The SMILES string of the molecule is Cc1ccc(C(=O)Nc2cc(N(C)CCN(C)C)cc(C(F)(F)F)c2)cc1Nc1ncnc2c1N=C(NCC1=CC=CCC=N1)N=CC2. The smallest absolute Gasteiger partial charge is 0.373 e. The summed E-state index contributed by atoms with van der Waals surface area (Å²) in [5, 5.41) is 9.14. The van der Waals surface area contributed by atoms with Gasteiger partial charge in [0.1, 0.15) is 12.0 Å². The maximum Gasteiger partial charge on any atom is 0.416 e. The van der Waals surface area contributed by atoms with Crippen LogP contribution in [0, 0.1) is 6.92 Å². The summed E-state index contributed by atoms with van der Waals surface area (Å²) in [6, 6.07) is 8.54. The highest BCUT2D eigenvalue weighted by molar-refractivity contribution is 6.05. The Kier molecular flexibility index (Phi) is 10.6. The summed E-state index contributed by atoms with van der Waals surface area (Å²) in [6.07, 6.45) is 7.46. The number of allylic oxidation sites excluding steroid dienone is 3. The van der Waals surface area contributed by atoms with Crippen molar-refractivity contribution < 1.29 is 18.0 Å². The minimum atomic E-state index is -4.59. The highest BCUT2D eigenvalue weighted by atomic mass is 19.4. The van der Waals surface area contributed by atoms with Crippen LogP contribution in [0.25, 0.3) is 0 Å². The van der Waals surface area contributed by atoms with Crippen molar-refractivity contribution >= 4 is 52.9 Å². The van der Waals surface area contributed by atoms with Gasteiger partial charge >= 0.3 is 6.18 Å². The molecule has 0 aliphatic carbocycles. The third kappa shape index (κ3) is 8.91. The van der Waals surface area contributed by atoms with Crippen LogP contribution in [0.3, 0.4) is 0 Å². The lowest BCUT2D eigenvalue weighted by Gasteiger charge is -2.23. The fourth-order valence-electron chi connectivity index (χ4n) is 4.79. The van der Waals surface area contributed by atoms with E-state index in [4.69, 9.17) is 4.99 Å². The van der Waals surface area contributed by atoms with Crippen molar-refractivity contribution in [2.45, 2.75) is 25.9 Å². The molecule has 0 radical (unpaired) electrons. The molecule has 0 unspecified atom stereocenters. The number of rotatable bonds is 10. The summed E-state index contributed by atoms with van der Waals surface area (Å²) in [5.41, 5.74) is 3.11. The molecule has 0 saturated carbocycles. The largest absolute Gasteiger partial charge is 0.416 e. The third-order valence-electron chi connectivity index (χ3n) is 7.54. The van der Waals surface area contributed by atoms with Crippen molar-refractivity contribution in [3.63, 3.8) is 0 Å². The zero-order valence-electron chi connectivity index (χ0n) is 27.1. The van der Waals surface area contributed by atoms with Gasteiger partial charge in [-0.05, 0) is 63.0 Å². The molecule has 5 rings (SSSR count). The van der Waals surface area contributed by atoms with Crippen LogP contribution >= 0.6 is 0 Å². The number of hydrogen-bond acceptors (Lipinski definition) is 10. The average molecular weight is 659 g/mol. The van der Waals surface area contributed by atoms with Gasteiger partial charge in [0.15, 0.2) is 5.82 Å². The Morgan fingerprint density at radius 3 is 2.62 bits per heavy atom. The van der Waals surface area contributed by atoms with Crippen LogP contribution in [0.4, 0.5) is 41.7 Å². The van der Waals surface area contributed by atoms with E-state index in [0.29, 0.717) is 60.6 Å². The molecule has 14 heteroatoms. The molecule has 3 N–H and O–H groups in total. The van der Waals surface area contributed by atoms with E-state index in [1.165, 1.54) is 12.4 Å². The van der Waals surface area contributed by atoms with Gasteiger partial charge in [0.25, 0.3) is 5.91 Å². The predicted octanol–water partition coefficient (Wildman–Crippen LogP) is 5.92. The van der Waals surface area contributed by atoms with Gasteiger partial charge in [0.2, 0.25) is 5.96 Å². The van der Waals surface area contributed by atoms with Gasteiger partial charge in [-0.2, -0.15) is 13.2 Å². The summed E-state index contributed by atoms with van der Waals surface area (Å²) in [4.78, 5) is 39.4. The lowest BCUT2D eigenvalue weighted by Crippen LogP contribution is -2.28. The maximum absolute atomic E-state index is 13.8. The second-order valence-corrected chi connectivity index (χ2v) is 11.6. The first-order chi connectivity index (χ1) is 23.0. The molecular weight excluding hydrogens is 621 g/mol. The topological polar surface area (TPSA) is 123 Å². The number of aliphatic imine (C=N–C) groups is 3. The Morgan fingerprint density at radius 1 is 1.00 bits per heavy atom. The normalized spacial score (nSPS) is 14.1. The molecule has 2 aromatic carbocycles. The summed E-state index contributed by atoms with van der Waals surface area (Å²) < 4.78 is 41.4. The maximum atomic E-state index is 13.8. The van der Waals surface area contributed by atoms with E-state index in [0.717, 1.165) is 29.8 Å². The van der Waals surface area contributed by atoms with Crippen molar-refractivity contribution in [3.05, 3.63) is 89.0 Å². The van der Waals surface area contributed by atoms with E-state index in [1.54, 1.807) is 36.4 Å². The van der Waals surface area contributed by atoms with Crippen LogP contribution in [-0.4, -0.2) is 79.9 Å². The van der Waals surface area contributed by atoms with E-state index < -0.39 is 17.6 Å². The zero-order valence-corrected chi connectivity index (χ0v) is 27.1. The van der Waals surface area contributed by atoms with Crippen molar-refractivity contribution in [2.24, 2.45) is 15.0 Å². The Labute approximate surface area is 277 Å². The van der Waals surface area contributed by atoms with Crippen LogP contribution in [0.1, 0.15) is 33.6 Å². The molecule has 0 fully saturated rings. The lowest BCUT2D eigenvalue weighted by molar-refractivity contribution is -0.137. The number of hydrogen-bond donors (Lipinski definition) is 3. The predicted molar refractivity (Wildman–Crippen MR) is 185 cm³/mol. The molecule has 3 aromatic rings. The number of carbonyl (C=O) groups excluding carboxylic acids is 1. The van der Waals surface area contributed by atoms with Gasteiger partial charge in [-0.3, -0.25) is 9.79 Å². The van der Waals surface area contributed by atoms with Crippen molar-refractivity contribution in [3.8, 4) is 0 Å². The number of benzene rings is 2. The van der Waals surface area contributed by atoms with Gasteiger partial charge in [0.05, 0.1) is 23.5 Å². The first-order valence-electron chi connectivity index (χ1n) is 15.3. The zero-order chi connectivity index (χ0) is 34.3. The van der Waals surface area contributed by atoms with E-state index in [-0.39, 0.29) is 11.3 Å². The highest BCUT2D eigenvalue weighted by Crippen LogP contribution is 2.35. The first kappa shape index (κ1) is 34.0. The molecule has 1 amide bonds. The second kappa shape index (κ2) is 15.0. The molecule has 3 heterocycles. The molecular formula is C34H37F3N10O. The van der Waals surface area contributed by atoms with Crippen molar-refractivity contribution in [1.29, 1.82) is 0 Å². The van der Waals surface area contributed by atoms with Gasteiger partial charge < -0.3 is 25.8 Å². The Bertz CT molecular complexity index is 1810. The fraction of sp³-hybridized carbons (Fsp3) is 0.294. The minimum Gasteiger partial charge on any atom is -0.373 e. The van der Waals surface area contributed by atoms with Gasteiger partial charge in [-0.15, -0.1) is 0 Å². The molecule has 11 nitrogen and oxygen atoms in total. The van der Waals surface area contributed by atoms with E-state index in [2.05, 4.69) is 35.9 Å². The second-order valence-electron chi connectivity index (χ2n) is 11.6. The van der Waals surface area contributed by atoms with Crippen LogP contribution in [0.15, 0.2) is 81.6 Å². The third-order valence-corrected chi connectivity index (χ3v) is 7.54. The van der Waals surface area contributed by atoms with Crippen molar-refractivity contribution in [1.82, 2.24) is 20.2 Å². The number of amides is 1. The number of nitrogens with zero attached hydrogens (tertiary/aromatic N) is 7.